The van der Waals surface area contributed by atoms with E-state index in [1.807, 2.05) is 38.1 Å². The molecule has 5 heteroatoms. The number of piperidine rings is 1. The van der Waals surface area contributed by atoms with E-state index in [-0.39, 0.29) is 6.29 Å². The van der Waals surface area contributed by atoms with E-state index in [9.17, 15) is 5.11 Å². The second-order valence-corrected chi connectivity index (χ2v) is 5.90. The Hall–Kier alpha value is -1.14. The highest BCUT2D eigenvalue weighted by Gasteiger charge is 2.34. The Kier molecular flexibility index (Phi) is 6.84. The van der Waals surface area contributed by atoms with Crippen LogP contribution < -0.4 is 4.74 Å². The summed E-state index contributed by atoms with van der Waals surface area (Å²) < 4.78 is 16.4. The molecule has 0 unspecified atom stereocenters. The highest BCUT2D eigenvalue weighted by Crippen LogP contribution is 2.33. The zero-order valence-electron chi connectivity index (χ0n) is 14.5. The van der Waals surface area contributed by atoms with Gasteiger partial charge in [0.25, 0.3) is 0 Å². The van der Waals surface area contributed by atoms with Crippen LogP contribution in [0.2, 0.25) is 0 Å². The monoisotopic (exact) mass is 323 g/mol. The molecule has 0 saturated carbocycles. The van der Waals surface area contributed by atoms with Crippen molar-refractivity contribution in [2.75, 3.05) is 40.0 Å². The third-order valence-corrected chi connectivity index (χ3v) is 4.42. The Balaban J connectivity index is 1.90. The first-order valence-corrected chi connectivity index (χ1v) is 8.43. The van der Waals surface area contributed by atoms with Crippen LogP contribution in [0.3, 0.4) is 0 Å². The number of rotatable bonds is 8. The van der Waals surface area contributed by atoms with Crippen molar-refractivity contribution in [1.82, 2.24) is 4.90 Å². The van der Waals surface area contributed by atoms with Gasteiger partial charge in [0.1, 0.15) is 5.75 Å². The van der Waals surface area contributed by atoms with Crippen molar-refractivity contribution in [3.63, 3.8) is 0 Å². The topological polar surface area (TPSA) is 51.2 Å². The van der Waals surface area contributed by atoms with Crippen LogP contribution in [0.4, 0.5) is 0 Å². The van der Waals surface area contributed by atoms with Gasteiger partial charge in [-0.15, -0.1) is 0 Å². The summed E-state index contributed by atoms with van der Waals surface area (Å²) in [5.74, 6) is 0.811. The number of nitrogens with zero attached hydrogens (tertiary/aromatic N) is 1. The molecular formula is C18H29NO4. The van der Waals surface area contributed by atoms with Crippen LogP contribution in [0.1, 0.15) is 32.3 Å². The zero-order chi connectivity index (χ0) is 16.7. The maximum Gasteiger partial charge on any atom is 0.170 e. The van der Waals surface area contributed by atoms with E-state index < -0.39 is 5.60 Å². The van der Waals surface area contributed by atoms with Gasteiger partial charge in [-0.1, -0.05) is 12.1 Å². The summed E-state index contributed by atoms with van der Waals surface area (Å²) in [6, 6.07) is 7.72. The summed E-state index contributed by atoms with van der Waals surface area (Å²) in [7, 11) is 1.65. The maximum atomic E-state index is 10.9. The molecule has 1 aromatic carbocycles. The quantitative estimate of drug-likeness (QED) is 0.745. The SMILES string of the molecule is CCOC(CN1CCC(O)(c2ccc(OC)cc2)CC1)OCC. The first-order valence-electron chi connectivity index (χ1n) is 8.43. The molecule has 0 bridgehead atoms. The molecule has 0 aliphatic carbocycles. The average molecular weight is 323 g/mol. The van der Waals surface area contributed by atoms with Gasteiger partial charge in [-0.05, 0) is 44.4 Å². The van der Waals surface area contributed by atoms with Gasteiger partial charge in [-0.2, -0.15) is 0 Å². The van der Waals surface area contributed by atoms with Gasteiger partial charge < -0.3 is 19.3 Å². The second-order valence-electron chi connectivity index (χ2n) is 5.90. The molecule has 23 heavy (non-hydrogen) atoms. The number of methoxy groups -OCH3 is 1. The minimum Gasteiger partial charge on any atom is -0.497 e. The molecule has 0 amide bonds. The van der Waals surface area contributed by atoms with E-state index in [2.05, 4.69) is 4.90 Å². The zero-order valence-corrected chi connectivity index (χ0v) is 14.5. The first kappa shape index (κ1) is 18.2. The summed E-state index contributed by atoms with van der Waals surface area (Å²) in [4.78, 5) is 2.30. The molecule has 1 aromatic rings. The Morgan fingerprint density at radius 1 is 1.09 bits per heavy atom. The van der Waals surface area contributed by atoms with Crippen molar-refractivity contribution in [2.45, 2.75) is 38.6 Å². The predicted octanol–water partition coefficient (Wildman–Crippen LogP) is 2.38. The minimum atomic E-state index is -0.754. The number of hydrogen-bond acceptors (Lipinski definition) is 5. The molecule has 0 radical (unpaired) electrons. The molecule has 2 rings (SSSR count). The maximum absolute atomic E-state index is 10.9. The Morgan fingerprint density at radius 3 is 2.13 bits per heavy atom. The van der Waals surface area contributed by atoms with Gasteiger partial charge in [-0.3, -0.25) is 4.90 Å². The van der Waals surface area contributed by atoms with Gasteiger partial charge in [0.05, 0.1) is 12.7 Å². The van der Waals surface area contributed by atoms with Gasteiger partial charge >= 0.3 is 0 Å². The van der Waals surface area contributed by atoms with Crippen LogP contribution in [0.25, 0.3) is 0 Å². The molecule has 1 aliphatic rings. The number of likely N-dealkylation sites (tertiary alicyclic amines) is 1. The van der Waals surface area contributed by atoms with Gasteiger partial charge in [0.2, 0.25) is 0 Å². The molecule has 130 valence electrons. The van der Waals surface area contributed by atoms with Crippen LogP contribution >= 0.6 is 0 Å². The fourth-order valence-corrected chi connectivity index (χ4v) is 3.03. The van der Waals surface area contributed by atoms with E-state index in [0.29, 0.717) is 26.1 Å². The Labute approximate surface area is 139 Å². The van der Waals surface area contributed by atoms with Crippen LogP contribution in [-0.4, -0.2) is 56.3 Å². The van der Waals surface area contributed by atoms with E-state index >= 15 is 0 Å². The lowest BCUT2D eigenvalue weighted by molar-refractivity contribution is -0.153. The second kappa shape index (κ2) is 8.64. The lowest BCUT2D eigenvalue weighted by Crippen LogP contribution is -2.46. The van der Waals surface area contributed by atoms with E-state index in [1.165, 1.54) is 0 Å². The van der Waals surface area contributed by atoms with Crippen molar-refractivity contribution in [2.24, 2.45) is 0 Å². The van der Waals surface area contributed by atoms with Gasteiger partial charge in [0.15, 0.2) is 6.29 Å². The van der Waals surface area contributed by atoms with E-state index in [1.54, 1.807) is 7.11 Å². The fourth-order valence-electron chi connectivity index (χ4n) is 3.03. The summed E-state index contributed by atoms with van der Waals surface area (Å²) in [5, 5.41) is 10.9. The Morgan fingerprint density at radius 2 is 1.65 bits per heavy atom. The van der Waals surface area contributed by atoms with Crippen LogP contribution in [0.15, 0.2) is 24.3 Å². The number of hydrogen-bond donors (Lipinski definition) is 1. The summed E-state index contributed by atoms with van der Waals surface area (Å²) in [6.07, 6.45) is 1.24. The number of ether oxygens (including phenoxy) is 3. The predicted molar refractivity (Wildman–Crippen MR) is 89.6 cm³/mol. The van der Waals surface area contributed by atoms with Crippen molar-refractivity contribution in [3.05, 3.63) is 29.8 Å². The first-order chi connectivity index (χ1) is 11.1. The Bertz CT molecular complexity index is 449. The smallest absolute Gasteiger partial charge is 0.170 e. The summed E-state index contributed by atoms with van der Waals surface area (Å²) >= 11 is 0. The third kappa shape index (κ3) is 4.91. The molecule has 1 N–H and O–H groups in total. The van der Waals surface area contributed by atoms with Crippen LogP contribution in [-0.2, 0) is 15.1 Å². The minimum absolute atomic E-state index is 0.183. The lowest BCUT2D eigenvalue weighted by atomic mass is 9.84. The van der Waals surface area contributed by atoms with E-state index in [4.69, 9.17) is 14.2 Å². The van der Waals surface area contributed by atoms with Crippen molar-refractivity contribution in [1.29, 1.82) is 0 Å². The van der Waals surface area contributed by atoms with Crippen molar-refractivity contribution < 1.29 is 19.3 Å². The highest BCUT2D eigenvalue weighted by atomic mass is 16.7. The molecule has 0 aromatic heterocycles. The van der Waals surface area contributed by atoms with Crippen LogP contribution in [0, 0.1) is 0 Å². The highest BCUT2D eigenvalue weighted by molar-refractivity contribution is 5.31. The normalized spacial score (nSPS) is 18.3. The molecule has 5 nitrogen and oxygen atoms in total. The molecule has 1 heterocycles. The molecule has 1 fully saturated rings. The fraction of sp³-hybridized carbons (Fsp3) is 0.667. The number of aliphatic hydroxyl groups is 1. The largest absolute Gasteiger partial charge is 0.497 e. The molecule has 1 saturated heterocycles. The summed E-state index contributed by atoms with van der Waals surface area (Å²) in [5.41, 5.74) is 0.208. The van der Waals surface area contributed by atoms with Gasteiger partial charge in [0, 0.05) is 32.8 Å². The molecular weight excluding hydrogens is 294 g/mol. The third-order valence-electron chi connectivity index (χ3n) is 4.42. The van der Waals surface area contributed by atoms with Crippen molar-refractivity contribution in [3.8, 4) is 5.75 Å². The number of benzene rings is 1. The average Bonchev–Trinajstić information content (AvgIpc) is 2.58. The van der Waals surface area contributed by atoms with E-state index in [0.717, 1.165) is 30.9 Å². The van der Waals surface area contributed by atoms with Gasteiger partial charge in [-0.25, -0.2) is 0 Å². The molecule has 0 spiro atoms. The lowest BCUT2D eigenvalue weighted by Gasteiger charge is -2.39. The summed E-state index contributed by atoms with van der Waals surface area (Å²) in [6.45, 7) is 7.66. The van der Waals surface area contributed by atoms with Crippen LogP contribution in [0.5, 0.6) is 5.75 Å². The molecule has 0 atom stereocenters. The van der Waals surface area contributed by atoms with Crippen molar-refractivity contribution >= 4 is 0 Å². The standard InChI is InChI=1S/C18H29NO4/c1-4-22-17(23-5-2)14-19-12-10-18(20,11-13-19)15-6-8-16(21-3)9-7-15/h6-9,17,20H,4-5,10-14H2,1-3H3. The molecule has 1 aliphatic heterocycles.